The highest BCUT2D eigenvalue weighted by Crippen LogP contribution is 2.59. The zero-order chi connectivity index (χ0) is 17.2. The molecule has 0 saturated heterocycles. The Bertz CT molecular complexity index is 948. The van der Waals surface area contributed by atoms with E-state index in [4.69, 9.17) is 9.15 Å². The van der Waals surface area contributed by atoms with Crippen LogP contribution >= 0.6 is 0 Å². The molecule has 0 amide bonds. The largest absolute Gasteiger partial charge is 0.489 e. The highest BCUT2D eigenvalue weighted by atomic mass is 16.5. The summed E-state index contributed by atoms with van der Waals surface area (Å²) in [7, 11) is 0. The maximum Gasteiger partial charge on any atom is 0.339 e. The SMILES string of the molecule is CC1(C)[C@@H]2CC=C(COc3ccc4c5c(c(=O)oc4c3)CCC5)[C@H]1C2. The summed E-state index contributed by atoms with van der Waals surface area (Å²) in [6.07, 6.45) is 7.73. The van der Waals surface area contributed by atoms with Crippen molar-refractivity contribution in [2.75, 3.05) is 6.61 Å². The first-order valence-electron chi connectivity index (χ1n) is 9.44. The second kappa shape index (κ2) is 5.23. The number of rotatable bonds is 3. The second-order valence-electron chi connectivity index (χ2n) is 8.47. The third-order valence-corrected chi connectivity index (χ3v) is 6.93. The van der Waals surface area contributed by atoms with Gasteiger partial charge in [-0.3, -0.25) is 0 Å². The quantitative estimate of drug-likeness (QED) is 0.605. The fraction of sp³-hybridized carbons (Fsp3) is 0.500. The van der Waals surface area contributed by atoms with Crippen LogP contribution in [0, 0.1) is 17.3 Å². The van der Waals surface area contributed by atoms with Crippen LogP contribution in [0.25, 0.3) is 11.0 Å². The molecule has 0 aliphatic heterocycles. The fourth-order valence-corrected chi connectivity index (χ4v) is 5.16. The number of hydrogen-bond donors (Lipinski definition) is 0. The van der Waals surface area contributed by atoms with Gasteiger partial charge in [-0.1, -0.05) is 19.9 Å². The summed E-state index contributed by atoms with van der Waals surface area (Å²) >= 11 is 0. The van der Waals surface area contributed by atoms with Crippen LogP contribution in [-0.4, -0.2) is 6.61 Å². The molecule has 2 bridgehead atoms. The number of aryl methyl sites for hydroxylation is 1. The Balaban J connectivity index is 1.40. The van der Waals surface area contributed by atoms with Gasteiger partial charge in [0.1, 0.15) is 17.9 Å². The summed E-state index contributed by atoms with van der Waals surface area (Å²) in [5, 5.41) is 1.07. The van der Waals surface area contributed by atoms with Crippen LogP contribution in [0.2, 0.25) is 0 Å². The highest BCUT2D eigenvalue weighted by molar-refractivity contribution is 5.83. The number of benzene rings is 1. The van der Waals surface area contributed by atoms with E-state index in [1.165, 1.54) is 24.0 Å². The first kappa shape index (κ1) is 15.2. The van der Waals surface area contributed by atoms with Crippen LogP contribution in [0.4, 0.5) is 0 Å². The lowest BCUT2D eigenvalue weighted by molar-refractivity contribution is -0.0115. The molecule has 0 unspecified atom stereocenters. The van der Waals surface area contributed by atoms with Gasteiger partial charge in [0.2, 0.25) is 0 Å². The Kier molecular flexibility index (Phi) is 3.19. The molecule has 4 aliphatic rings. The first-order valence-corrected chi connectivity index (χ1v) is 9.44. The van der Waals surface area contributed by atoms with E-state index in [1.807, 2.05) is 12.1 Å². The van der Waals surface area contributed by atoms with Crippen LogP contribution in [-0.2, 0) is 12.8 Å². The monoisotopic (exact) mass is 336 g/mol. The minimum absolute atomic E-state index is 0.172. The van der Waals surface area contributed by atoms with Crippen LogP contribution in [0.1, 0.15) is 44.2 Å². The fourth-order valence-electron chi connectivity index (χ4n) is 5.16. The van der Waals surface area contributed by atoms with Crippen LogP contribution in [0.15, 0.2) is 39.1 Å². The molecule has 2 atom stereocenters. The molecule has 0 radical (unpaired) electrons. The Labute approximate surface area is 147 Å². The van der Waals surface area contributed by atoms with Gasteiger partial charge in [-0.15, -0.1) is 0 Å². The molecule has 1 fully saturated rings. The van der Waals surface area contributed by atoms with E-state index in [2.05, 4.69) is 26.0 Å². The molecule has 4 aliphatic carbocycles. The maximum atomic E-state index is 12.1. The van der Waals surface area contributed by atoms with Crippen molar-refractivity contribution in [2.45, 2.75) is 46.0 Å². The third kappa shape index (κ3) is 2.21. The zero-order valence-corrected chi connectivity index (χ0v) is 14.9. The third-order valence-electron chi connectivity index (χ3n) is 6.93. The minimum atomic E-state index is -0.172. The smallest absolute Gasteiger partial charge is 0.339 e. The molecule has 1 heterocycles. The summed E-state index contributed by atoms with van der Waals surface area (Å²) in [4.78, 5) is 12.1. The predicted octanol–water partition coefficient (Wildman–Crippen LogP) is 4.65. The van der Waals surface area contributed by atoms with Crippen molar-refractivity contribution in [2.24, 2.45) is 17.3 Å². The molecule has 1 aromatic carbocycles. The van der Waals surface area contributed by atoms with Crippen molar-refractivity contribution in [3.8, 4) is 5.75 Å². The van der Waals surface area contributed by atoms with Gasteiger partial charge >= 0.3 is 5.63 Å². The van der Waals surface area contributed by atoms with E-state index in [-0.39, 0.29) is 5.63 Å². The molecule has 6 rings (SSSR count). The maximum absolute atomic E-state index is 12.1. The van der Waals surface area contributed by atoms with E-state index in [9.17, 15) is 4.79 Å². The van der Waals surface area contributed by atoms with Crippen LogP contribution in [0.5, 0.6) is 5.75 Å². The Morgan fingerprint density at radius 1 is 1.24 bits per heavy atom. The lowest BCUT2D eigenvalue weighted by Crippen LogP contribution is -2.48. The second-order valence-corrected chi connectivity index (χ2v) is 8.47. The average Bonchev–Trinajstić information content (AvgIpc) is 3.10. The van der Waals surface area contributed by atoms with Gasteiger partial charge in [-0.25, -0.2) is 4.79 Å². The van der Waals surface area contributed by atoms with Crippen LogP contribution < -0.4 is 10.4 Å². The molecule has 1 aromatic heterocycles. The van der Waals surface area contributed by atoms with Gasteiger partial charge in [-0.05, 0) is 72.6 Å². The molecular weight excluding hydrogens is 312 g/mol. The van der Waals surface area contributed by atoms with Gasteiger partial charge < -0.3 is 9.15 Å². The van der Waals surface area contributed by atoms with E-state index < -0.39 is 0 Å². The molecule has 25 heavy (non-hydrogen) atoms. The Morgan fingerprint density at radius 2 is 2.08 bits per heavy atom. The normalized spacial score (nSPS) is 26.1. The van der Waals surface area contributed by atoms with Gasteiger partial charge in [0.15, 0.2) is 0 Å². The van der Waals surface area contributed by atoms with Gasteiger partial charge in [0.25, 0.3) is 0 Å². The number of fused-ring (bicyclic) bond motifs is 4. The lowest BCUT2D eigenvalue weighted by Gasteiger charge is -2.56. The van der Waals surface area contributed by atoms with Gasteiger partial charge in [0, 0.05) is 17.0 Å². The van der Waals surface area contributed by atoms with Crippen LogP contribution in [0.3, 0.4) is 0 Å². The van der Waals surface area contributed by atoms with Crippen molar-refractivity contribution in [1.29, 1.82) is 0 Å². The average molecular weight is 336 g/mol. The van der Waals surface area contributed by atoms with Crippen molar-refractivity contribution in [1.82, 2.24) is 0 Å². The first-order chi connectivity index (χ1) is 12.0. The predicted molar refractivity (Wildman–Crippen MR) is 98.1 cm³/mol. The summed E-state index contributed by atoms with van der Waals surface area (Å²) in [5.41, 5.74) is 4.39. The molecule has 130 valence electrons. The van der Waals surface area contributed by atoms with Crippen molar-refractivity contribution >= 4 is 11.0 Å². The standard InChI is InChI=1S/C22H24O3/c1-22(2)14-7-6-13(19(22)10-14)12-24-15-8-9-17-16-4-3-5-18(16)21(23)25-20(17)11-15/h6,8-9,11,14,19H,3-5,7,10,12H2,1-2H3/t14-,19-/m1/s1. The molecule has 0 spiro atoms. The molecule has 0 N–H and O–H groups in total. The van der Waals surface area contributed by atoms with E-state index in [1.54, 1.807) is 0 Å². The molecule has 1 saturated carbocycles. The zero-order valence-electron chi connectivity index (χ0n) is 14.9. The number of hydrogen-bond acceptors (Lipinski definition) is 3. The van der Waals surface area contributed by atoms with E-state index in [0.717, 1.165) is 41.9 Å². The lowest BCUT2D eigenvalue weighted by atomic mass is 9.49. The highest BCUT2D eigenvalue weighted by Gasteiger charge is 2.51. The van der Waals surface area contributed by atoms with E-state index in [0.29, 0.717) is 23.5 Å². The Hall–Kier alpha value is -2.03. The minimum Gasteiger partial charge on any atom is -0.489 e. The van der Waals surface area contributed by atoms with Gasteiger partial charge in [0.05, 0.1) is 0 Å². The topological polar surface area (TPSA) is 39.4 Å². The molecular formula is C22H24O3. The number of allylic oxidation sites excluding steroid dienone is 1. The van der Waals surface area contributed by atoms with Crippen molar-refractivity contribution < 1.29 is 9.15 Å². The number of ether oxygens (including phenoxy) is 1. The molecule has 3 nitrogen and oxygen atoms in total. The van der Waals surface area contributed by atoms with Crippen molar-refractivity contribution in [3.63, 3.8) is 0 Å². The van der Waals surface area contributed by atoms with E-state index >= 15 is 0 Å². The molecule has 3 heteroatoms. The van der Waals surface area contributed by atoms with Gasteiger partial charge in [-0.2, -0.15) is 0 Å². The summed E-state index contributed by atoms with van der Waals surface area (Å²) in [6.45, 7) is 5.40. The summed E-state index contributed by atoms with van der Waals surface area (Å²) in [5.74, 6) is 2.29. The van der Waals surface area contributed by atoms with Crippen molar-refractivity contribution in [3.05, 3.63) is 51.4 Å². The molecule has 2 aromatic rings. The summed E-state index contributed by atoms with van der Waals surface area (Å²) in [6, 6.07) is 5.95. The summed E-state index contributed by atoms with van der Waals surface area (Å²) < 4.78 is 11.6. The Morgan fingerprint density at radius 3 is 2.88 bits per heavy atom.